The Morgan fingerprint density at radius 1 is 1.19 bits per heavy atom. The number of esters is 1. The summed E-state index contributed by atoms with van der Waals surface area (Å²) < 4.78 is 82.8. The van der Waals surface area contributed by atoms with Crippen LogP contribution in [0.15, 0.2) is 24.3 Å². The third-order valence-electron chi connectivity index (χ3n) is 3.94. The summed E-state index contributed by atoms with van der Waals surface area (Å²) in [5, 5.41) is 13.3. The van der Waals surface area contributed by atoms with Crippen LogP contribution in [-0.4, -0.2) is 35.6 Å². The van der Waals surface area contributed by atoms with Crippen LogP contribution >= 0.6 is 0 Å². The van der Waals surface area contributed by atoms with Crippen LogP contribution in [0.2, 0.25) is 0 Å². The maximum absolute atomic E-state index is 13.4. The van der Waals surface area contributed by atoms with Crippen LogP contribution in [0.4, 0.5) is 31.1 Å². The fraction of sp³-hybridized carbons (Fsp3) is 0.467. The number of carbonyl (C=O) groups is 2. The third-order valence-corrected chi connectivity index (χ3v) is 3.94. The fourth-order valence-corrected chi connectivity index (χ4v) is 2.69. The highest BCUT2D eigenvalue weighted by Crippen LogP contribution is 2.43. The van der Waals surface area contributed by atoms with Crippen molar-refractivity contribution < 1.29 is 45.8 Å². The third kappa shape index (κ3) is 3.94. The number of benzene rings is 1. The summed E-state index contributed by atoms with van der Waals surface area (Å²) in [6, 6.07) is -0.465. The minimum absolute atomic E-state index is 0.251. The van der Waals surface area contributed by atoms with Crippen LogP contribution in [0.3, 0.4) is 0 Å². The van der Waals surface area contributed by atoms with E-state index in [-0.39, 0.29) is 12.2 Å². The Kier molecular flexibility index (Phi) is 5.32. The standard InChI is InChI=1S/C15H14F6N2O4/c1-2-27-11(24)9-10(7-3-5-8(6-4-7)14(16,17)18)22-12(25)23-13(9,26)15(19,20)21/h3-6,9-10,26H,2H2,1H3,(H2,22,23,25)/t9-,10-,13-/m0/s1. The molecule has 3 N–H and O–H groups in total. The highest BCUT2D eigenvalue weighted by molar-refractivity contribution is 5.83. The molecule has 0 bridgehead atoms. The molecule has 0 radical (unpaired) electrons. The molecule has 0 spiro atoms. The van der Waals surface area contributed by atoms with Crippen LogP contribution in [0.25, 0.3) is 0 Å². The molecule has 1 aromatic rings. The lowest BCUT2D eigenvalue weighted by molar-refractivity contribution is -0.294. The Hall–Kier alpha value is -2.50. The molecular weight excluding hydrogens is 386 g/mol. The van der Waals surface area contributed by atoms with Crippen molar-refractivity contribution in [1.29, 1.82) is 0 Å². The van der Waals surface area contributed by atoms with Gasteiger partial charge in [0.2, 0.25) is 0 Å². The van der Waals surface area contributed by atoms with E-state index >= 15 is 0 Å². The predicted octanol–water partition coefficient (Wildman–Crippen LogP) is 2.49. The zero-order valence-corrected chi connectivity index (χ0v) is 13.6. The van der Waals surface area contributed by atoms with Crippen molar-refractivity contribution in [2.24, 2.45) is 5.92 Å². The lowest BCUT2D eigenvalue weighted by Gasteiger charge is -2.44. The normalized spacial score (nSPS) is 26.1. The molecule has 12 heteroatoms. The lowest BCUT2D eigenvalue weighted by Crippen LogP contribution is -2.73. The van der Waals surface area contributed by atoms with Crippen LogP contribution < -0.4 is 10.6 Å². The molecule has 1 saturated heterocycles. The van der Waals surface area contributed by atoms with Crippen molar-refractivity contribution in [1.82, 2.24) is 10.6 Å². The maximum atomic E-state index is 13.4. The first kappa shape index (κ1) is 20.8. The predicted molar refractivity (Wildman–Crippen MR) is 77.0 cm³/mol. The molecule has 0 aliphatic carbocycles. The first-order valence-corrected chi connectivity index (χ1v) is 7.53. The molecule has 3 atom stereocenters. The molecule has 2 amide bonds. The van der Waals surface area contributed by atoms with Gasteiger partial charge in [-0.05, 0) is 24.6 Å². The topological polar surface area (TPSA) is 87.7 Å². The van der Waals surface area contributed by atoms with Crippen molar-refractivity contribution in [2.45, 2.75) is 31.0 Å². The molecule has 150 valence electrons. The second-order valence-corrected chi connectivity index (χ2v) is 5.69. The van der Waals surface area contributed by atoms with Gasteiger partial charge >= 0.3 is 24.4 Å². The summed E-state index contributed by atoms with van der Waals surface area (Å²) >= 11 is 0. The number of ether oxygens (including phenoxy) is 1. The number of hydrogen-bond donors (Lipinski definition) is 3. The number of amides is 2. The first-order chi connectivity index (χ1) is 12.3. The molecule has 1 aromatic carbocycles. The second-order valence-electron chi connectivity index (χ2n) is 5.69. The maximum Gasteiger partial charge on any atom is 0.437 e. The van der Waals surface area contributed by atoms with Crippen molar-refractivity contribution in [3.05, 3.63) is 35.4 Å². The van der Waals surface area contributed by atoms with Gasteiger partial charge in [0.25, 0.3) is 5.72 Å². The minimum Gasteiger partial charge on any atom is -0.466 e. The van der Waals surface area contributed by atoms with E-state index in [0.29, 0.717) is 12.1 Å². The summed E-state index contributed by atoms with van der Waals surface area (Å²) in [7, 11) is 0. The highest BCUT2D eigenvalue weighted by atomic mass is 19.4. The number of alkyl halides is 6. The molecular formula is C15H14F6N2O4. The molecule has 0 saturated carbocycles. The summed E-state index contributed by atoms with van der Waals surface area (Å²) in [6.07, 6.45) is -10.2. The van der Waals surface area contributed by atoms with Gasteiger partial charge < -0.3 is 20.5 Å². The van der Waals surface area contributed by atoms with Gasteiger partial charge in [-0.3, -0.25) is 4.79 Å². The Morgan fingerprint density at radius 3 is 2.19 bits per heavy atom. The van der Waals surface area contributed by atoms with Gasteiger partial charge in [-0.1, -0.05) is 12.1 Å². The summed E-state index contributed by atoms with van der Waals surface area (Å²) in [5.41, 5.74) is -5.31. The van der Waals surface area contributed by atoms with E-state index in [2.05, 4.69) is 4.74 Å². The van der Waals surface area contributed by atoms with E-state index in [4.69, 9.17) is 0 Å². The van der Waals surface area contributed by atoms with Crippen molar-refractivity contribution in [2.75, 3.05) is 6.61 Å². The Balaban J connectivity index is 2.53. The van der Waals surface area contributed by atoms with Crippen LogP contribution in [0.5, 0.6) is 0 Å². The molecule has 27 heavy (non-hydrogen) atoms. The molecule has 1 fully saturated rings. The number of nitrogens with one attached hydrogen (secondary N) is 2. The van der Waals surface area contributed by atoms with E-state index in [1.54, 1.807) is 0 Å². The van der Waals surface area contributed by atoms with Gasteiger partial charge in [0.1, 0.15) is 5.92 Å². The van der Waals surface area contributed by atoms with Gasteiger partial charge in [0, 0.05) is 0 Å². The van der Waals surface area contributed by atoms with E-state index in [1.807, 2.05) is 5.32 Å². The van der Waals surface area contributed by atoms with E-state index in [1.165, 1.54) is 12.2 Å². The first-order valence-electron chi connectivity index (χ1n) is 7.53. The summed E-state index contributed by atoms with van der Waals surface area (Å²) in [4.78, 5) is 23.8. The minimum atomic E-state index is -5.47. The van der Waals surface area contributed by atoms with Crippen molar-refractivity contribution >= 4 is 12.0 Å². The van der Waals surface area contributed by atoms with Gasteiger partial charge in [-0.25, -0.2) is 4.79 Å². The van der Waals surface area contributed by atoms with Crippen LogP contribution in [-0.2, 0) is 15.7 Å². The number of urea groups is 1. The Bertz CT molecular complexity index is 719. The number of hydrogen-bond acceptors (Lipinski definition) is 4. The van der Waals surface area contributed by atoms with Crippen molar-refractivity contribution in [3.8, 4) is 0 Å². The van der Waals surface area contributed by atoms with Crippen LogP contribution in [0.1, 0.15) is 24.1 Å². The zero-order valence-electron chi connectivity index (χ0n) is 13.6. The van der Waals surface area contributed by atoms with E-state index < -0.39 is 47.6 Å². The highest BCUT2D eigenvalue weighted by Gasteiger charge is 2.67. The fourth-order valence-electron chi connectivity index (χ4n) is 2.69. The Morgan fingerprint density at radius 2 is 1.74 bits per heavy atom. The lowest BCUT2D eigenvalue weighted by atomic mass is 9.82. The zero-order chi connectivity index (χ0) is 20.6. The van der Waals surface area contributed by atoms with Gasteiger partial charge in [0.15, 0.2) is 0 Å². The molecule has 0 unspecified atom stereocenters. The molecule has 2 rings (SSSR count). The smallest absolute Gasteiger partial charge is 0.437 e. The summed E-state index contributed by atoms with van der Waals surface area (Å²) in [6.45, 7) is 0.990. The number of rotatable bonds is 3. The SMILES string of the molecule is CCOC(=O)[C@@H]1[C@H](c2ccc(C(F)(F)F)cc2)NC(=O)N[C@@]1(O)C(F)(F)F. The molecule has 1 heterocycles. The van der Waals surface area contributed by atoms with Gasteiger partial charge in [-0.15, -0.1) is 0 Å². The molecule has 0 aromatic heterocycles. The molecule has 1 aliphatic rings. The molecule has 1 aliphatic heterocycles. The van der Waals surface area contributed by atoms with E-state index in [9.17, 15) is 41.0 Å². The quantitative estimate of drug-likeness (QED) is 0.538. The van der Waals surface area contributed by atoms with Gasteiger partial charge in [0.05, 0.1) is 18.2 Å². The summed E-state index contributed by atoms with van der Waals surface area (Å²) in [5.74, 6) is -3.89. The average molecular weight is 400 g/mol. The largest absolute Gasteiger partial charge is 0.466 e. The number of aliphatic hydroxyl groups is 1. The van der Waals surface area contributed by atoms with Gasteiger partial charge in [-0.2, -0.15) is 26.3 Å². The number of carbonyl (C=O) groups excluding carboxylic acids is 2. The number of halogens is 6. The van der Waals surface area contributed by atoms with Crippen LogP contribution in [0, 0.1) is 5.92 Å². The second kappa shape index (κ2) is 6.91. The Labute approximate surface area is 148 Å². The average Bonchev–Trinajstić information content (AvgIpc) is 2.52. The molecule has 6 nitrogen and oxygen atoms in total. The van der Waals surface area contributed by atoms with E-state index in [0.717, 1.165) is 12.1 Å². The van der Waals surface area contributed by atoms with Crippen molar-refractivity contribution in [3.63, 3.8) is 0 Å². The monoisotopic (exact) mass is 400 g/mol.